The molecular weight excluding hydrogens is 216 g/mol. The van der Waals surface area contributed by atoms with E-state index in [1.54, 1.807) is 0 Å². The third-order valence-electron chi connectivity index (χ3n) is 3.33. The zero-order chi connectivity index (χ0) is 12.6. The van der Waals surface area contributed by atoms with Crippen molar-refractivity contribution < 1.29 is 0 Å². The summed E-state index contributed by atoms with van der Waals surface area (Å²) in [6, 6.07) is 15.3. The zero-order valence-corrected chi connectivity index (χ0v) is 10.8. The maximum atomic E-state index is 6.84. The normalized spacial score (nSPS) is 10.4. The molecule has 91 valence electrons. The van der Waals surface area contributed by atoms with Crippen molar-refractivity contribution >= 4 is 10.8 Å². The van der Waals surface area contributed by atoms with Gasteiger partial charge >= 0.3 is 0 Å². The first-order valence-corrected chi connectivity index (χ1v) is 6.77. The Bertz CT molecular complexity index is 531. The molecule has 0 spiro atoms. The summed E-state index contributed by atoms with van der Waals surface area (Å²) in [6.07, 6.45) is 13.7. The number of aryl methyl sites for hydroxylation is 1. The predicted octanol–water partition coefficient (Wildman–Crippen LogP) is 4.92. The van der Waals surface area contributed by atoms with Gasteiger partial charge in [0.05, 0.1) is 0 Å². The molecule has 0 saturated carbocycles. The van der Waals surface area contributed by atoms with Crippen LogP contribution in [-0.4, -0.2) is 0 Å². The molecule has 1 radical (unpaired) electrons. The van der Waals surface area contributed by atoms with E-state index in [0.717, 1.165) is 12.8 Å². The van der Waals surface area contributed by atoms with Crippen LogP contribution in [0.25, 0.3) is 10.8 Å². The predicted molar refractivity (Wildman–Crippen MR) is 77.9 cm³/mol. The van der Waals surface area contributed by atoms with Gasteiger partial charge in [0.2, 0.25) is 0 Å². The minimum Gasteiger partial charge on any atom is -0.0891 e. The van der Waals surface area contributed by atoms with E-state index in [4.69, 9.17) is 6.42 Å². The Balaban J connectivity index is 1.83. The minimum absolute atomic E-state index is 0.815. The van der Waals surface area contributed by atoms with E-state index >= 15 is 0 Å². The van der Waals surface area contributed by atoms with Gasteiger partial charge in [0.1, 0.15) is 0 Å². The standard InChI is InChI=1S/C18H19/c1-2-3-4-5-6-7-10-16-13-14-17-11-8-9-12-18(17)15-16/h8-9,11-15H,3-7,10H2. The third kappa shape index (κ3) is 3.64. The van der Waals surface area contributed by atoms with E-state index in [2.05, 4.69) is 48.4 Å². The molecule has 0 amide bonds. The lowest BCUT2D eigenvalue weighted by atomic mass is 10.0. The molecule has 0 unspecified atom stereocenters. The molecule has 0 bridgehead atoms. The van der Waals surface area contributed by atoms with Gasteiger partial charge in [0, 0.05) is 6.42 Å². The highest BCUT2D eigenvalue weighted by Crippen LogP contribution is 2.17. The summed E-state index contributed by atoms with van der Waals surface area (Å²) in [5.41, 5.74) is 1.44. The van der Waals surface area contributed by atoms with Gasteiger partial charge in [-0.25, -0.2) is 0 Å². The van der Waals surface area contributed by atoms with Crippen LogP contribution < -0.4 is 0 Å². The van der Waals surface area contributed by atoms with Crippen LogP contribution in [0.5, 0.6) is 0 Å². The summed E-state index contributed by atoms with van der Waals surface area (Å²) >= 11 is 0. The van der Waals surface area contributed by atoms with Crippen molar-refractivity contribution in [3.8, 4) is 5.92 Å². The molecule has 0 saturated heterocycles. The molecule has 0 aliphatic heterocycles. The topological polar surface area (TPSA) is 0 Å². The first kappa shape index (κ1) is 12.7. The van der Waals surface area contributed by atoms with Gasteiger partial charge in [-0.1, -0.05) is 61.2 Å². The molecular formula is C18H19. The largest absolute Gasteiger partial charge is 0.0891 e. The molecule has 0 heteroatoms. The number of unbranched alkanes of at least 4 members (excludes halogenated alkanes) is 4. The summed E-state index contributed by atoms with van der Waals surface area (Å²) in [5, 5.41) is 2.66. The van der Waals surface area contributed by atoms with Crippen LogP contribution in [0.3, 0.4) is 0 Å². The fourth-order valence-corrected chi connectivity index (χ4v) is 2.29. The number of fused-ring (bicyclic) bond motifs is 1. The van der Waals surface area contributed by atoms with Gasteiger partial charge in [-0.2, -0.15) is 0 Å². The molecule has 2 rings (SSSR count). The van der Waals surface area contributed by atoms with Gasteiger partial charge in [-0.3, -0.25) is 0 Å². The average molecular weight is 235 g/mol. The molecule has 18 heavy (non-hydrogen) atoms. The summed E-state index contributed by atoms with van der Waals surface area (Å²) in [7, 11) is 0. The minimum atomic E-state index is 0.815. The molecule has 0 aliphatic carbocycles. The van der Waals surface area contributed by atoms with E-state index in [1.807, 2.05) is 0 Å². The number of rotatable bonds is 6. The smallest absolute Gasteiger partial charge is 0.00989 e. The molecule has 0 atom stereocenters. The second-order valence-electron chi connectivity index (χ2n) is 4.77. The second kappa shape index (κ2) is 6.87. The lowest BCUT2D eigenvalue weighted by molar-refractivity contribution is 0.650. The average Bonchev–Trinajstić information content (AvgIpc) is 2.42. The summed E-state index contributed by atoms with van der Waals surface area (Å²) < 4.78 is 0. The quantitative estimate of drug-likeness (QED) is 0.492. The fraction of sp³-hybridized carbons (Fsp3) is 0.333. The molecule has 0 fully saturated rings. The Morgan fingerprint density at radius 3 is 2.44 bits per heavy atom. The Labute approximate surface area is 110 Å². The van der Waals surface area contributed by atoms with Crippen LogP contribution in [0.2, 0.25) is 0 Å². The van der Waals surface area contributed by atoms with E-state index in [-0.39, 0.29) is 0 Å². The van der Waals surface area contributed by atoms with Crippen LogP contribution in [0.1, 0.15) is 37.7 Å². The monoisotopic (exact) mass is 235 g/mol. The molecule has 0 aliphatic rings. The number of hydrogen-bond acceptors (Lipinski definition) is 0. The van der Waals surface area contributed by atoms with Crippen LogP contribution in [0, 0.1) is 12.3 Å². The molecule has 2 aromatic rings. The summed E-state index contributed by atoms with van der Waals surface area (Å²) in [4.78, 5) is 0. The summed E-state index contributed by atoms with van der Waals surface area (Å²) in [6.45, 7) is 0. The van der Waals surface area contributed by atoms with Gasteiger partial charge in [0.25, 0.3) is 0 Å². The van der Waals surface area contributed by atoms with Crippen molar-refractivity contribution in [1.82, 2.24) is 0 Å². The van der Waals surface area contributed by atoms with Crippen LogP contribution in [0.15, 0.2) is 42.5 Å². The zero-order valence-electron chi connectivity index (χ0n) is 10.8. The number of benzene rings is 2. The van der Waals surface area contributed by atoms with E-state index in [1.165, 1.54) is 42.0 Å². The Morgan fingerprint density at radius 2 is 1.61 bits per heavy atom. The van der Waals surface area contributed by atoms with E-state index < -0.39 is 0 Å². The number of hydrogen-bond donors (Lipinski definition) is 0. The summed E-state index contributed by atoms with van der Waals surface area (Å²) in [5.74, 6) is 2.45. The molecule has 2 aromatic carbocycles. The molecule has 0 nitrogen and oxygen atoms in total. The van der Waals surface area contributed by atoms with Crippen LogP contribution in [-0.2, 0) is 6.42 Å². The van der Waals surface area contributed by atoms with Crippen molar-refractivity contribution in [3.63, 3.8) is 0 Å². The van der Waals surface area contributed by atoms with Crippen LogP contribution >= 0.6 is 0 Å². The highest BCUT2D eigenvalue weighted by Gasteiger charge is 1.96. The Hall–Kier alpha value is -1.74. The van der Waals surface area contributed by atoms with Crippen molar-refractivity contribution in [2.45, 2.75) is 38.5 Å². The SMILES string of the molecule is [C]#CCCCCCCc1ccc2ccccc2c1. The van der Waals surface area contributed by atoms with E-state index in [9.17, 15) is 0 Å². The highest BCUT2D eigenvalue weighted by molar-refractivity contribution is 5.82. The highest BCUT2D eigenvalue weighted by atomic mass is 14.0. The maximum Gasteiger partial charge on any atom is 0.00989 e. The van der Waals surface area contributed by atoms with Crippen molar-refractivity contribution in [2.24, 2.45) is 0 Å². The first-order valence-electron chi connectivity index (χ1n) is 6.77. The lowest BCUT2D eigenvalue weighted by Crippen LogP contribution is -1.86. The third-order valence-corrected chi connectivity index (χ3v) is 3.33. The maximum absolute atomic E-state index is 6.84. The second-order valence-corrected chi connectivity index (χ2v) is 4.77. The molecule has 0 N–H and O–H groups in total. The van der Waals surface area contributed by atoms with Gasteiger partial charge in [-0.05, 0) is 42.0 Å². The molecule has 0 aromatic heterocycles. The van der Waals surface area contributed by atoms with E-state index in [0.29, 0.717) is 0 Å². The first-order chi connectivity index (χ1) is 8.90. The van der Waals surface area contributed by atoms with Gasteiger partial charge < -0.3 is 0 Å². The lowest BCUT2D eigenvalue weighted by Gasteiger charge is -2.04. The van der Waals surface area contributed by atoms with Crippen molar-refractivity contribution in [1.29, 1.82) is 0 Å². The van der Waals surface area contributed by atoms with Crippen molar-refractivity contribution in [2.75, 3.05) is 0 Å². The Kier molecular flexibility index (Phi) is 4.85. The Morgan fingerprint density at radius 1 is 0.833 bits per heavy atom. The van der Waals surface area contributed by atoms with Crippen molar-refractivity contribution in [3.05, 3.63) is 54.5 Å². The van der Waals surface area contributed by atoms with Gasteiger partial charge in [-0.15, -0.1) is 0 Å². The van der Waals surface area contributed by atoms with Crippen LogP contribution in [0.4, 0.5) is 0 Å². The van der Waals surface area contributed by atoms with Gasteiger partial charge in [0.15, 0.2) is 0 Å². The fourth-order valence-electron chi connectivity index (χ4n) is 2.29. The molecule has 0 heterocycles.